The third-order valence-corrected chi connectivity index (χ3v) is 1.39. The molecule has 70 valence electrons. The van der Waals surface area contributed by atoms with Crippen LogP contribution in [0.3, 0.4) is 0 Å². The van der Waals surface area contributed by atoms with E-state index in [1.807, 2.05) is 0 Å². The monoisotopic (exact) mass is 183 g/mol. The number of rotatable bonds is 2. The van der Waals surface area contributed by atoms with E-state index in [-0.39, 0.29) is 5.75 Å². The molecule has 0 aliphatic carbocycles. The molecule has 13 heavy (non-hydrogen) atoms. The van der Waals surface area contributed by atoms with Crippen LogP contribution in [-0.4, -0.2) is 12.0 Å². The quantitative estimate of drug-likeness (QED) is 0.551. The molecule has 0 heterocycles. The molecule has 1 atom stereocenters. The molecule has 0 bridgehead atoms. The van der Waals surface area contributed by atoms with E-state index in [2.05, 4.69) is 0 Å². The van der Waals surface area contributed by atoms with Crippen molar-refractivity contribution >= 4 is 5.97 Å². The van der Waals surface area contributed by atoms with Gasteiger partial charge in [-0.2, -0.15) is 0 Å². The summed E-state index contributed by atoms with van der Waals surface area (Å²) in [7, 11) is 0. The molecule has 3 nitrogen and oxygen atoms in total. The fraction of sp³-hybridized carbons (Fsp3) is 0.222. The van der Waals surface area contributed by atoms with Gasteiger partial charge in [0, 0.05) is 6.07 Å². The topological polar surface area (TPSA) is 52.3 Å². The summed E-state index contributed by atoms with van der Waals surface area (Å²) in [5.74, 6) is -0.858. The predicted octanol–water partition coefficient (Wildman–Crippen LogP) is 1.08. The molecule has 0 aliphatic rings. The summed E-state index contributed by atoms with van der Waals surface area (Å²) in [6.07, 6.45) is 0. The summed E-state index contributed by atoms with van der Waals surface area (Å²) in [5, 5.41) is 0. The van der Waals surface area contributed by atoms with E-state index in [1.54, 1.807) is 0 Å². The predicted molar refractivity (Wildman–Crippen MR) is 45.7 cm³/mol. The van der Waals surface area contributed by atoms with Crippen molar-refractivity contribution in [2.24, 2.45) is 5.73 Å². The van der Waals surface area contributed by atoms with Crippen LogP contribution in [-0.2, 0) is 4.79 Å². The number of ether oxygens (including phenoxy) is 1. The van der Waals surface area contributed by atoms with Gasteiger partial charge in [0.1, 0.15) is 17.6 Å². The Kier molecular flexibility index (Phi) is 2.97. The summed E-state index contributed by atoms with van der Waals surface area (Å²) in [6, 6.07) is 4.63. The number of halogens is 1. The first kappa shape index (κ1) is 9.67. The van der Waals surface area contributed by atoms with Crippen LogP contribution in [0, 0.1) is 5.82 Å². The zero-order chi connectivity index (χ0) is 9.84. The van der Waals surface area contributed by atoms with Gasteiger partial charge in [-0.25, -0.2) is 9.18 Å². The summed E-state index contributed by atoms with van der Waals surface area (Å²) in [5.41, 5.74) is 5.25. The van der Waals surface area contributed by atoms with Crippen molar-refractivity contribution in [1.29, 1.82) is 0 Å². The number of benzene rings is 1. The fourth-order valence-electron chi connectivity index (χ4n) is 0.740. The third kappa shape index (κ3) is 2.83. The molecule has 1 aromatic rings. The van der Waals surface area contributed by atoms with Crippen molar-refractivity contribution in [3.63, 3.8) is 0 Å². The second-order valence-electron chi connectivity index (χ2n) is 2.67. The average Bonchev–Trinajstić information content (AvgIpc) is 2.04. The van der Waals surface area contributed by atoms with Crippen LogP contribution in [0.2, 0.25) is 0 Å². The molecule has 0 radical (unpaired) electrons. The number of carbonyl (C=O) groups excluding carboxylic acids is 1. The molecular weight excluding hydrogens is 173 g/mol. The van der Waals surface area contributed by atoms with Gasteiger partial charge in [-0.3, -0.25) is 0 Å². The van der Waals surface area contributed by atoms with Crippen molar-refractivity contribution in [2.45, 2.75) is 13.0 Å². The van der Waals surface area contributed by atoms with Crippen LogP contribution in [0.25, 0.3) is 0 Å². The van der Waals surface area contributed by atoms with E-state index in [9.17, 15) is 9.18 Å². The highest BCUT2D eigenvalue weighted by atomic mass is 19.1. The number of esters is 1. The zero-order valence-electron chi connectivity index (χ0n) is 7.16. The smallest absolute Gasteiger partial charge is 0.328 e. The maximum absolute atomic E-state index is 12.6. The molecule has 0 saturated heterocycles. The molecule has 0 saturated carbocycles. The van der Waals surface area contributed by atoms with Gasteiger partial charge in [0.05, 0.1) is 0 Å². The van der Waals surface area contributed by atoms with Crippen molar-refractivity contribution < 1.29 is 13.9 Å². The summed E-state index contributed by atoms with van der Waals surface area (Å²) in [6.45, 7) is 1.50. The fourth-order valence-corrected chi connectivity index (χ4v) is 0.740. The highest BCUT2D eigenvalue weighted by molar-refractivity contribution is 5.77. The molecule has 4 heteroatoms. The van der Waals surface area contributed by atoms with E-state index >= 15 is 0 Å². The van der Waals surface area contributed by atoms with Crippen molar-refractivity contribution in [3.05, 3.63) is 30.1 Å². The molecule has 0 aromatic heterocycles. The van der Waals surface area contributed by atoms with E-state index in [4.69, 9.17) is 10.5 Å². The van der Waals surface area contributed by atoms with E-state index in [0.29, 0.717) is 0 Å². The highest BCUT2D eigenvalue weighted by Crippen LogP contribution is 2.12. The lowest BCUT2D eigenvalue weighted by molar-refractivity contribution is -0.135. The van der Waals surface area contributed by atoms with Gasteiger partial charge < -0.3 is 10.5 Å². The minimum atomic E-state index is -0.705. The molecule has 1 aromatic carbocycles. The van der Waals surface area contributed by atoms with E-state index in [0.717, 1.165) is 6.07 Å². The molecular formula is C9H10FNO2. The van der Waals surface area contributed by atoms with Gasteiger partial charge in [-0.15, -0.1) is 0 Å². The number of nitrogens with two attached hydrogens (primary N) is 1. The lowest BCUT2D eigenvalue weighted by Gasteiger charge is -2.05. The maximum atomic E-state index is 12.6. The Morgan fingerprint density at radius 3 is 2.85 bits per heavy atom. The Hall–Kier alpha value is -1.42. The molecule has 1 unspecified atom stereocenters. The van der Waals surface area contributed by atoms with Crippen LogP contribution >= 0.6 is 0 Å². The van der Waals surface area contributed by atoms with Crippen molar-refractivity contribution in [3.8, 4) is 5.75 Å². The summed E-state index contributed by atoms with van der Waals surface area (Å²) in [4.78, 5) is 11.0. The normalized spacial score (nSPS) is 12.2. The Labute approximate surface area is 75.3 Å². The molecule has 2 N–H and O–H groups in total. The summed E-state index contributed by atoms with van der Waals surface area (Å²) < 4.78 is 17.3. The van der Waals surface area contributed by atoms with Gasteiger partial charge in [0.15, 0.2) is 0 Å². The van der Waals surface area contributed by atoms with Crippen LogP contribution in [0.1, 0.15) is 6.92 Å². The van der Waals surface area contributed by atoms with Crippen LogP contribution in [0.5, 0.6) is 5.75 Å². The molecule has 0 fully saturated rings. The first-order valence-electron chi connectivity index (χ1n) is 3.82. The van der Waals surface area contributed by atoms with Gasteiger partial charge in [0.25, 0.3) is 0 Å². The second kappa shape index (κ2) is 4.00. The van der Waals surface area contributed by atoms with E-state index < -0.39 is 17.8 Å². The Bertz CT molecular complexity index is 312. The summed E-state index contributed by atoms with van der Waals surface area (Å²) >= 11 is 0. The van der Waals surface area contributed by atoms with Crippen LogP contribution < -0.4 is 10.5 Å². The van der Waals surface area contributed by atoms with Gasteiger partial charge in [-0.1, -0.05) is 6.07 Å². The van der Waals surface area contributed by atoms with Gasteiger partial charge in [-0.05, 0) is 19.1 Å². The SMILES string of the molecule is CC(N)C(=O)Oc1cccc(F)c1. The zero-order valence-corrected chi connectivity index (χ0v) is 7.16. The van der Waals surface area contributed by atoms with Gasteiger partial charge in [0.2, 0.25) is 0 Å². The molecule has 1 rings (SSSR count). The Balaban J connectivity index is 2.69. The number of hydrogen-bond acceptors (Lipinski definition) is 3. The van der Waals surface area contributed by atoms with Crippen molar-refractivity contribution in [1.82, 2.24) is 0 Å². The minimum Gasteiger partial charge on any atom is -0.425 e. The van der Waals surface area contributed by atoms with Crippen LogP contribution in [0.4, 0.5) is 4.39 Å². The highest BCUT2D eigenvalue weighted by Gasteiger charge is 2.09. The molecule has 0 aliphatic heterocycles. The largest absolute Gasteiger partial charge is 0.425 e. The Morgan fingerprint density at radius 2 is 2.31 bits per heavy atom. The first-order chi connectivity index (χ1) is 6.09. The van der Waals surface area contributed by atoms with Gasteiger partial charge >= 0.3 is 5.97 Å². The molecule has 0 amide bonds. The van der Waals surface area contributed by atoms with Crippen LogP contribution in [0.15, 0.2) is 24.3 Å². The standard InChI is InChI=1S/C9H10FNO2/c1-6(11)9(12)13-8-4-2-3-7(10)5-8/h2-6H,11H2,1H3. The lowest BCUT2D eigenvalue weighted by atomic mass is 10.3. The average molecular weight is 183 g/mol. The first-order valence-corrected chi connectivity index (χ1v) is 3.82. The number of carbonyl (C=O) groups is 1. The van der Waals surface area contributed by atoms with E-state index in [1.165, 1.54) is 25.1 Å². The third-order valence-electron chi connectivity index (χ3n) is 1.39. The second-order valence-corrected chi connectivity index (χ2v) is 2.67. The maximum Gasteiger partial charge on any atom is 0.328 e. The van der Waals surface area contributed by atoms with Crippen molar-refractivity contribution in [2.75, 3.05) is 0 Å². The minimum absolute atomic E-state index is 0.169. The molecule has 0 spiro atoms. The number of hydrogen-bond donors (Lipinski definition) is 1. The Morgan fingerprint density at radius 1 is 1.62 bits per heavy atom. The lowest BCUT2D eigenvalue weighted by Crippen LogP contribution is -2.30.